The molecule has 0 aromatic carbocycles. The summed E-state index contributed by atoms with van der Waals surface area (Å²) >= 11 is 0. The number of halogens is 1. The molecule has 0 aromatic rings. The van der Waals surface area contributed by atoms with Gasteiger partial charge in [0, 0.05) is 6.61 Å². The molecule has 0 N–H and O–H groups in total. The minimum Gasteiger partial charge on any atom is -0.375 e. The van der Waals surface area contributed by atoms with Crippen molar-refractivity contribution in [2.45, 2.75) is 44.9 Å². The van der Waals surface area contributed by atoms with Gasteiger partial charge in [-0.3, -0.25) is 0 Å². The van der Waals surface area contributed by atoms with Crippen molar-refractivity contribution >= 4 is 0 Å². The molecule has 0 radical (unpaired) electrons. The van der Waals surface area contributed by atoms with Gasteiger partial charge in [0.2, 0.25) is 0 Å². The van der Waals surface area contributed by atoms with E-state index in [4.69, 9.17) is 4.74 Å². The molecule has 60 valence electrons. The van der Waals surface area contributed by atoms with Crippen LogP contribution in [0.25, 0.3) is 0 Å². The highest BCUT2D eigenvalue weighted by molar-refractivity contribution is 4.93. The third kappa shape index (κ3) is 1.31. The van der Waals surface area contributed by atoms with Gasteiger partial charge in [-0.15, -0.1) is 0 Å². The Morgan fingerprint density at radius 1 is 1.60 bits per heavy atom. The minimum absolute atomic E-state index is 0.203. The lowest BCUT2D eigenvalue weighted by Gasteiger charge is -2.38. The minimum atomic E-state index is -0.990. The molecular formula is C8H15FO. The molecule has 2 heteroatoms. The molecule has 0 heterocycles. The fourth-order valence-corrected chi connectivity index (χ4v) is 1.32. The molecular weight excluding hydrogens is 131 g/mol. The molecule has 0 bridgehead atoms. The van der Waals surface area contributed by atoms with E-state index in [0.29, 0.717) is 19.4 Å². The van der Waals surface area contributed by atoms with Crippen LogP contribution in [-0.2, 0) is 4.74 Å². The molecule has 0 amide bonds. The Bertz CT molecular complexity index is 110. The Hall–Kier alpha value is -0.110. The van der Waals surface area contributed by atoms with Crippen LogP contribution in [0, 0.1) is 0 Å². The second kappa shape index (κ2) is 2.87. The topological polar surface area (TPSA) is 9.23 Å². The number of alkyl halides is 1. The molecule has 1 aliphatic carbocycles. The summed E-state index contributed by atoms with van der Waals surface area (Å²) in [6.45, 7) is 4.34. The van der Waals surface area contributed by atoms with Crippen LogP contribution < -0.4 is 0 Å². The van der Waals surface area contributed by atoms with Crippen molar-refractivity contribution in [3.8, 4) is 0 Å². The summed E-state index contributed by atoms with van der Waals surface area (Å²) in [4.78, 5) is 0. The quantitative estimate of drug-likeness (QED) is 0.593. The van der Waals surface area contributed by atoms with Crippen LogP contribution in [0.3, 0.4) is 0 Å². The summed E-state index contributed by atoms with van der Waals surface area (Å²) in [6, 6.07) is 0. The summed E-state index contributed by atoms with van der Waals surface area (Å²) in [5.41, 5.74) is -0.990. The molecule has 1 atom stereocenters. The Morgan fingerprint density at radius 2 is 2.20 bits per heavy atom. The van der Waals surface area contributed by atoms with E-state index < -0.39 is 5.67 Å². The zero-order chi connectivity index (χ0) is 7.61. The van der Waals surface area contributed by atoms with Gasteiger partial charge in [-0.1, -0.05) is 0 Å². The van der Waals surface area contributed by atoms with Crippen LogP contribution in [0.5, 0.6) is 0 Å². The first kappa shape index (κ1) is 7.99. The van der Waals surface area contributed by atoms with Gasteiger partial charge in [0.05, 0.1) is 6.10 Å². The third-order valence-corrected chi connectivity index (χ3v) is 2.33. The van der Waals surface area contributed by atoms with Crippen LogP contribution in [0.4, 0.5) is 4.39 Å². The monoisotopic (exact) mass is 146 g/mol. The normalized spacial score (nSPS) is 25.5. The van der Waals surface area contributed by atoms with Gasteiger partial charge in [-0.05, 0) is 33.1 Å². The lowest BCUT2D eigenvalue weighted by Crippen LogP contribution is -2.43. The zero-order valence-corrected chi connectivity index (χ0v) is 6.69. The predicted molar refractivity (Wildman–Crippen MR) is 38.8 cm³/mol. The van der Waals surface area contributed by atoms with Crippen molar-refractivity contribution in [1.82, 2.24) is 0 Å². The molecule has 0 aliphatic heterocycles. The first-order valence-electron chi connectivity index (χ1n) is 3.99. The molecule has 1 saturated carbocycles. The van der Waals surface area contributed by atoms with Gasteiger partial charge in [0.25, 0.3) is 0 Å². The molecule has 1 rings (SSSR count). The Kier molecular flexibility index (Phi) is 2.29. The van der Waals surface area contributed by atoms with E-state index in [1.54, 1.807) is 0 Å². The van der Waals surface area contributed by atoms with Crippen LogP contribution in [0.2, 0.25) is 0 Å². The SMILES string of the molecule is CCOC(C)C1(F)CCC1. The Balaban J connectivity index is 2.31. The molecule has 1 unspecified atom stereocenters. The van der Waals surface area contributed by atoms with E-state index in [1.165, 1.54) is 0 Å². The van der Waals surface area contributed by atoms with E-state index in [2.05, 4.69) is 0 Å². The molecule has 0 aromatic heterocycles. The first-order chi connectivity index (χ1) is 4.69. The summed E-state index contributed by atoms with van der Waals surface area (Å²) in [6.07, 6.45) is 2.20. The number of hydrogen-bond acceptors (Lipinski definition) is 1. The first-order valence-corrected chi connectivity index (χ1v) is 3.99. The smallest absolute Gasteiger partial charge is 0.136 e. The van der Waals surface area contributed by atoms with E-state index in [1.807, 2.05) is 13.8 Å². The maximum absolute atomic E-state index is 13.4. The van der Waals surface area contributed by atoms with Crippen molar-refractivity contribution in [1.29, 1.82) is 0 Å². The van der Waals surface area contributed by atoms with Crippen molar-refractivity contribution in [3.63, 3.8) is 0 Å². The van der Waals surface area contributed by atoms with Gasteiger partial charge in [-0.2, -0.15) is 0 Å². The number of ether oxygens (including phenoxy) is 1. The van der Waals surface area contributed by atoms with E-state index >= 15 is 0 Å². The van der Waals surface area contributed by atoms with E-state index in [0.717, 1.165) is 6.42 Å². The molecule has 1 aliphatic rings. The van der Waals surface area contributed by atoms with Crippen molar-refractivity contribution in [3.05, 3.63) is 0 Å². The lowest BCUT2D eigenvalue weighted by atomic mass is 9.78. The number of hydrogen-bond donors (Lipinski definition) is 0. The van der Waals surface area contributed by atoms with Gasteiger partial charge >= 0.3 is 0 Å². The highest BCUT2D eigenvalue weighted by Crippen LogP contribution is 2.39. The second-order valence-corrected chi connectivity index (χ2v) is 2.99. The highest BCUT2D eigenvalue weighted by atomic mass is 19.1. The largest absolute Gasteiger partial charge is 0.375 e. The average Bonchev–Trinajstić information content (AvgIpc) is 1.83. The second-order valence-electron chi connectivity index (χ2n) is 2.99. The summed E-state index contributed by atoms with van der Waals surface area (Å²) in [5, 5.41) is 0. The molecule has 0 saturated heterocycles. The predicted octanol–water partition coefficient (Wildman–Crippen LogP) is 2.30. The summed E-state index contributed by atoms with van der Waals surface area (Å²) < 4.78 is 18.5. The lowest BCUT2D eigenvalue weighted by molar-refractivity contribution is -0.0877. The fraction of sp³-hybridized carbons (Fsp3) is 1.00. The summed E-state index contributed by atoms with van der Waals surface area (Å²) in [7, 11) is 0. The Morgan fingerprint density at radius 3 is 2.50 bits per heavy atom. The van der Waals surface area contributed by atoms with Crippen molar-refractivity contribution in [2.24, 2.45) is 0 Å². The van der Waals surface area contributed by atoms with Gasteiger partial charge in [0.15, 0.2) is 0 Å². The highest BCUT2D eigenvalue weighted by Gasteiger charge is 2.42. The average molecular weight is 146 g/mol. The van der Waals surface area contributed by atoms with Gasteiger partial charge in [0.1, 0.15) is 5.67 Å². The molecule has 0 spiro atoms. The molecule has 1 nitrogen and oxygen atoms in total. The summed E-state index contributed by atoms with van der Waals surface area (Å²) in [5.74, 6) is 0. The van der Waals surface area contributed by atoms with Crippen LogP contribution in [0.1, 0.15) is 33.1 Å². The van der Waals surface area contributed by atoms with Gasteiger partial charge in [-0.25, -0.2) is 4.39 Å². The van der Waals surface area contributed by atoms with Crippen molar-refractivity contribution < 1.29 is 9.13 Å². The third-order valence-electron chi connectivity index (χ3n) is 2.33. The van der Waals surface area contributed by atoms with Crippen molar-refractivity contribution in [2.75, 3.05) is 6.61 Å². The van der Waals surface area contributed by atoms with Gasteiger partial charge < -0.3 is 4.74 Å². The van der Waals surface area contributed by atoms with Crippen LogP contribution in [0.15, 0.2) is 0 Å². The Labute approximate surface area is 61.6 Å². The maximum Gasteiger partial charge on any atom is 0.136 e. The molecule has 10 heavy (non-hydrogen) atoms. The van der Waals surface area contributed by atoms with E-state index in [-0.39, 0.29) is 6.10 Å². The van der Waals surface area contributed by atoms with Crippen LogP contribution in [-0.4, -0.2) is 18.4 Å². The fourth-order valence-electron chi connectivity index (χ4n) is 1.32. The van der Waals surface area contributed by atoms with Crippen LogP contribution >= 0.6 is 0 Å². The van der Waals surface area contributed by atoms with E-state index in [9.17, 15) is 4.39 Å². The standard InChI is InChI=1S/C8H15FO/c1-3-10-7(2)8(9)5-4-6-8/h7H,3-6H2,1-2H3. The zero-order valence-electron chi connectivity index (χ0n) is 6.69. The number of rotatable bonds is 3. The molecule has 1 fully saturated rings. The maximum atomic E-state index is 13.4.